The molecule has 0 bridgehead atoms. The van der Waals surface area contributed by atoms with Gasteiger partial charge in [-0.1, -0.05) is 48.5 Å². The van der Waals surface area contributed by atoms with Crippen LogP contribution in [0.25, 0.3) is 33.8 Å². The van der Waals surface area contributed by atoms with Crippen molar-refractivity contribution in [2.75, 3.05) is 5.32 Å². The molecule has 2 heterocycles. The number of carbonyl (C=O) groups excluding carboxylic acids is 1. The van der Waals surface area contributed by atoms with Gasteiger partial charge in [0.25, 0.3) is 0 Å². The monoisotopic (exact) mass is 408 g/mol. The lowest BCUT2D eigenvalue weighted by molar-refractivity contribution is -0.116. The van der Waals surface area contributed by atoms with Crippen molar-refractivity contribution in [2.24, 2.45) is 0 Å². The quantitative estimate of drug-likeness (QED) is 0.428. The fourth-order valence-corrected chi connectivity index (χ4v) is 3.66. The second kappa shape index (κ2) is 7.91. The normalized spacial score (nSPS) is 11.0. The van der Waals surface area contributed by atoms with Crippen molar-refractivity contribution >= 4 is 22.5 Å². The zero-order chi connectivity index (χ0) is 21.2. The standard InChI is InChI=1S/C25H20N4O2/c1-17-8-7-11-19(14-17)26-23(30)16-29-15-21(20-12-5-6-13-22(20)29)25-28-27-24(31-25)18-9-3-2-4-10-18/h2-15H,16H2,1H3,(H,26,30). The van der Waals surface area contributed by atoms with Gasteiger partial charge in [-0.05, 0) is 42.8 Å². The summed E-state index contributed by atoms with van der Waals surface area (Å²) in [7, 11) is 0. The number of para-hydroxylation sites is 1. The lowest BCUT2D eigenvalue weighted by Gasteiger charge is -2.08. The van der Waals surface area contributed by atoms with Gasteiger partial charge in [-0.15, -0.1) is 10.2 Å². The average molecular weight is 408 g/mol. The molecule has 0 radical (unpaired) electrons. The van der Waals surface area contributed by atoms with Gasteiger partial charge in [0, 0.05) is 28.4 Å². The Labute approximate surface area is 179 Å². The first-order valence-corrected chi connectivity index (χ1v) is 10.0. The van der Waals surface area contributed by atoms with E-state index >= 15 is 0 Å². The van der Waals surface area contributed by atoms with Gasteiger partial charge in [-0.25, -0.2) is 0 Å². The summed E-state index contributed by atoms with van der Waals surface area (Å²) in [5.74, 6) is 0.783. The molecule has 1 amide bonds. The Bertz CT molecular complexity index is 1370. The van der Waals surface area contributed by atoms with E-state index in [-0.39, 0.29) is 12.5 Å². The largest absolute Gasteiger partial charge is 0.416 e. The molecule has 152 valence electrons. The maximum Gasteiger partial charge on any atom is 0.250 e. The Morgan fingerprint density at radius 2 is 1.71 bits per heavy atom. The summed E-state index contributed by atoms with van der Waals surface area (Å²) in [5.41, 5.74) is 4.47. The van der Waals surface area contributed by atoms with Crippen LogP contribution in [0.4, 0.5) is 5.69 Å². The highest BCUT2D eigenvalue weighted by molar-refractivity contribution is 5.96. The van der Waals surface area contributed by atoms with Crippen molar-refractivity contribution in [2.45, 2.75) is 13.5 Å². The van der Waals surface area contributed by atoms with E-state index in [0.717, 1.165) is 33.3 Å². The minimum absolute atomic E-state index is 0.103. The first kappa shape index (κ1) is 18.8. The maximum atomic E-state index is 12.7. The molecule has 5 rings (SSSR count). The highest BCUT2D eigenvalue weighted by Crippen LogP contribution is 2.31. The second-order valence-electron chi connectivity index (χ2n) is 7.38. The zero-order valence-corrected chi connectivity index (χ0v) is 16.9. The number of rotatable bonds is 5. The first-order chi connectivity index (χ1) is 15.2. The van der Waals surface area contributed by atoms with Crippen molar-refractivity contribution in [1.29, 1.82) is 0 Å². The van der Waals surface area contributed by atoms with Crippen molar-refractivity contribution in [3.05, 3.63) is 90.6 Å². The highest BCUT2D eigenvalue weighted by atomic mass is 16.4. The van der Waals surface area contributed by atoms with Crippen LogP contribution in [0.5, 0.6) is 0 Å². The van der Waals surface area contributed by atoms with Gasteiger partial charge in [0.1, 0.15) is 6.54 Å². The number of amides is 1. The number of carbonyl (C=O) groups is 1. The van der Waals surface area contributed by atoms with Gasteiger partial charge in [0.05, 0.1) is 5.56 Å². The summed E-state index contributed by atoms with van der Waals surface area (Å²) in [4.78, 5) is 12.7. The van der Waals surface area contributed by atoms with E-state index in [1.165, 1.54) is 0 Å². The Morgan fingerprint density at radius 1 is 0.935 bits per heavy atom. The van der Waals surface area contributed by atoms with Crippen molar-refractivity contribution < 1.29 is 9.21 Å². The molecule has 3 aromatic carbocycles. The Morgan fingerprint density at radius 3 is 2.55 bits per heavy atom. The van der Waals surface area contributed by atoms with Gasteiger partial charge in [0.2, 0.25) is 17.7 Å². The molecule has 2 aromatic heterocycles. The van der Waals surface area contributed by atoms with Crippen LogP contribution in [0.15, 0.2) is 89.5 Å². The molecule has 6 heteroatoms. The zero-order valence-electron chi connectivity index (χ0n) is 16.9. The van der Waals surface area contributed by atoms with Crippen LogP contribution in [0.2, 0.25) is 0 Å². The third-order valence-corrected chi connectivity index (χ3v) is 5.08. The molecule has 0 saturated carbocycles. The van der Waals surface area contributed by atoms with Crippen molar-refractivity contribution in [3.8, 4) is 22.9 Å². The van der Waals surface area contributed by atoms with Crippen LogP contribution in [0.3, 0.4) is 0 Å². The van der Waals surface area contributed by atoms with Gasteiger partial charge >= 0.3 is 0 Å². The summed E-state index contributed by atoms with van der Waals surface area (Å²) in [6, 6.07) is 25.3. The van der Waals surface area contributed by atoms with E-state index in [4.69, 9.17) is 4.42 Å². The number of nitrogens with one attached hydrogen (secondary N) is 1. The van der Waals surface area contributed by atoms with Gasteiger partial charge in [-0.3, -0.25) is 4.79 Å². The van der Waals surface area contributed by atoms with E-state index in [0.29, 0.717) is 11.8 Å². The van der Waals surface area contributed by atoms with Crippen LogP contribution in [-0.2, 0) is 11.3 Å². The third-order valence-electron chi connectivity index (χ3n) is 5.08. The van der Waals surface area contributed by atoms with Gasteiger partial charge in [0.15, 0.2) is 0 Å². The lowest BCUT2D eigenvalue weighted by Crippen LogP contribution is -2.18. The van der Waals surface area contributed by atoms with Crippen LogP contribution < -0.4 is 5.32 Å². The van der Waals surface area contributed by atoms with E-state index in [2.05, 4.69) is 15.5 Å². The molecule has 0 unspecified atom stereocenters. The van der Waals surface area contributed by atoms with Crippen molar-refractivity contribution in [1.82, 2.24) is 14.8 Å². The summed E-state index contributed by atoms with van der Waals surface area (Å²) in [6.45, 7) is 2.17. The SMILES string of the molecule is Cc1cccc(NC(=O)Cn2cc(-c3nnc(-c4ccccc4)o3)c3ccccc32)c1. The molecule has 0 aliphatic heterocycles. The minimum Gasteiger partial charge on any atom is -0.416 e. The maximum absolute atomic E-state index is 12.7. The van der Waals surface area contributed by atoms with Gasteiger partial charge < -0.3 is 14.3 Å². The number of hydrogen-bond donors (Lipinski definition) is 1. The molecule has 0 atom stereocenters. The van der Waals surface area contributed by atoms with E-state index in [9.17, 15) is 4.79 Å². The molecule has 1 N–H and O–H groups in total. The molecule has 0 aliphatic carbocycles. The molecule has 0 spiro atoms. The summed E-state index contributed by atoms with van der Waals surface area (Å²) >= 11 is 0. The van der Waals surface area contributed by atoms with Gasteiger partial charge in [-0.2, -0.15) is 0 Å². The molecule has 31 heavy (non-hydrogen) atoms. The molecule has 0 saturated heterocycles. The van der Waals surface area contributed by atoms with Crippen LogP contribution in [0.1, 0.15) is 5.56 Å². The predicted octanol–water partition coefficient (Wildman–Crippen LogP) is 5.31. The van der Waals surface area contributed by atoms with E-state index in [1.54, 1.807) is 0 Å². The number of aromatic nitrogens is 3. The Kier molecular flexibility index (Phi) is 4.80. The molecular formula is C25H20N4O2. The number of anilines is 1. The lowest BCUT2D eigenvalue weighted by atomic mass is 10.2. The first-order valence-electron chi connectivity index (χ1n) is 10.0. The summed E-state index contributed by atoms with van der Waals surface area (Å²) in [6.07, 6.45) is 1.89. The highest BCUT2D eigenvalue weighted by Gasteiger charge is 2.17. The smallest absolute Gasteiger partial charge is 0.250 e. The Balaban J connectivity index is 1.46. The van der Waals surface area contributed by atoms with Crippen LogP contribution in [-0.4, -0.2) is 20.7 Å². The average Bonchev–Trinajstić information content (AvgIpc) is 3.40. The van der Waals surface area contributed by atoms with Crippen LogP contribution in [0, 0.1) is 6.92 Å². The summed E-state index contributed by atoms with van der Waals surface area (Å²) in [5, 5.41) is 12.4. The molecule has 0 fully saturated rings. The van der Waals surface area contributed by atoms with Crippen molar-refractivity contribution in [3.63, 3.8) is 0 Å². The number of fused-ring (bicyclic) bond motifs is 1. The minimum atomic E-state index is -0.103. The fourth-order valence-electron chi connectivity index (χ4n) is 3.66. The number of aryl methyl sites for hydroxylation is 1. The predicted molar refractivity (Wildman–Crippen MR) is 120 cm³/mol. The molecule has 5 aromatic rings. The van der Waals surface area contributed by atoms with E-state index < -0.39 is 0 Å². The van der Waals surface area contributed by atoms with E-state index in [1.807, 2.05) is 96.6 Å². The Hall–Kier alpha value is -4.19. The van der Waals surface area contributed by atoms with Crippen LogP contribution >= 0.6 is 0 Å². The molecular weight excluding hydrogens is 388 g/mol. The summed E-state index contributed by atoms with van der Waals surface area (Å²) < 4.78 is 7.86. The molecule has 6 nitrogen and oxygen atoms in total. The fraction of sp³-hybridized carbons (Fsp3) is 0.0800. The number of nitrogens with zero attached hydrogens (tertiary/aromatic N) is 3. The molecule has 0 aliphatic rings. The topological polar surface area (TPSA) is 73.0 Å². The number of hydrogen-bond acceptors (Lipinski definition) is 4. The third kappa shape index (κ3) is 3.83. The number of benzene rings is 3. The second-order valence-corrected chi connectivity index (χ2v) is 7.38.